The van der Waals surface area contributed by atoms with E-state index in [0.29, 0.717) is 11.4 Å². The third-order valence-corrected chi connectivity index (χ3v) is 2.15. The van der Waals surface area contributed by atoms with Crippen molar-refractivity contribution in [3.63, 3.8) is 0 Å². The van der Waals surface area contributed by atoms with Gasteiger partial charge in [0.1, 0.15) is 0 Å². The molecule has 0 bridgehead atoms. The molecule has 2 heteroatoms. The summed E-state index contributed by atoms with van der Waals surface area (Å²) in [7, 11) is 0. The molecule has 1 nitrogen and oxygen atoms in total. The van der Waals surface area contributed by atoms with Gasteiger partial charge in [-0.3, -0.25) is 0 Å². The van der Waals surface area contributed by atoms with Crippen LogP contribution < -0.4 is 0 Å². The van der Waals surface area contributed by atoms with E-state index < -0.39 is 0 Å². The summed E-state index contributed by atoms with van der Waals surface area (Å²) in [6, 6.07) is 9.53. The highest BCUT2D eigenvalue weighted by Crippen LogP contribution is 2.12. The van der Waals surface area contributed by atoms with Crippen molar-refractivity contribution >= 4 is 17.7 Å². The van der Waals surface area contributed by atoms with E-state index in [1.165, 1.54) is 0 Å². The van der Waals surface area contributed by atoms with Crippen molar-refractivity contribution in [1.29, 1.82) is 5.26 Å². The molecule has 1 unspecified atom stereocenters. The van der Waals surface area contributed by atoms with E-state index in [0.717, 1.165) is 5.56 Å². The summed E-state index contributed by atoms with van der Waals surface area (Å²) < 4.78 is 0. The predicted octanol–water partition coefficient (Wildman–Crippen LogP) is 3.52. The van der Waals surface area contributed by atoms with Crippen LogP contribution in [0.1, 0.15) is 12.0 Å². The summed E-state index contributed by atoms with van der Waals surface area (Å²) >= 11 is 5.75. The van der Waals surface area contributed by atoms with E-state index in [1.54, 1.807) is 0 Å². The lowest BCUT2D eigenvalue weighted by Gasteiger charge is -1.97. The molecule has 1 aromatic rings. The van der Waals surface area contributed by atoms with Crippen molar-refractivity contribution in [2.75, 3.05) is 0 Å². The summed E-state index contributed by atoms with van der Waals surface area (Å²) in [6.07, 6.45) is 9.27. The third kappa shape index (κ3) is 3.90. The van der Waals surface area contributed by atoms with Crippen molar-refractivity contribution in [1.82, 2.24) is 0 Å². The molecule has 74 valence electrons. The molecule has 15 heavy (non-hydrogen) atoms. The van der Waals surface area contributed by atoms with Gasteiger partial charge in [0.25, 0.3) is 0 Å². The van der Waals surface area contributed by atoms with Crippen LogP contribution in [0.15, 0.2) is 30.3 Å². The zero-order valence-electron chi connectivity index (χ0n) is 8.15. The monoisotopic (exact) mass is 215 g/mol. The van der Waals surface area contributed by atoms with Gasteiger partial charge in [-0.25, -0.2) is 0 Å². The molecule has 0 fully saturated rings. The van der Waals surface area contributed by atoms with E-state index in [4.69, 9.17) is 23.3 Å². The van der Waals surface area contributed by atoms with Crippen molar-refractivity contribution in [3.05, 3.63) is 40.9 Å². The Kier molecular flexibility index (Phi) is 4.48. The molecule has 0 radical (unpaired) electrons. The number of nitrogens with zero attached hydrogens (tertiary/aromatic N) is 1. The lowest BCUT2D eigenvalue weighted by Crippen LogP contribution is -1.88. The van der Waals surface area contributed by atoms with E-state index in [9.17, 15) is 0 Å². The number of hydrogen-bond acceptors (Lipinski definition) is 1. The molecule has 0 aliphatic heterocycles. The quantitative estimate of drug-likeness (QED) is 0.708. The Morgan fingerprint density at radius 1 is 1.40 bits per heavy atom. The minimum atomic E-state index is -0.217. The first-order valence-corrected chi connectivity index (χ1v) is 4.91. The molecule has 0 saturated heterocycles. The van der Waals surface area contributed by atoms with Gasteiger partial charge >= 0.3 is 0 Å². The van der Waals surface area contributed by atoms with Crippen LogP contribution in [-0.4, -0.2) is 0 Å². The molecule has 0 aromatic heterocycles. The van der Waals surface area contributed by atoms with Gasteiger partial charge in [0.2, 0.25) is 0 Å². The first-order valence-electron chi connectivity index (χ1n) is 4.53. The minimum Gasteiger partial charge on any atom is -0.198 e. The number of nitriles is 1. The molecular formula is C13H10ClN. The van der Waals surface area contributed by atoms with Gasteiger partial charge in [-0.05, 0) is 17.7 Å². The highest BCUT2D eigenvalue weighted by Gasteiger charge is 1.98. The second kappa shape index (κ2) is 5.91. The summed E-state index contributed by atoms with van der Waals surface area (Å²) in [6.45, 7) is 0. The molecule has 1 atom stereocenters. The number of terminal acetylenes is 1. The van der Waals surface area contributed by atoms with Crippen LogP contribution in [0.4, 0.5) is 0 Å². The zero-order chi connectivity index (χ0) is 11.1. The van der Waals surface area contributed by atoms with Crippen LogP contribution in [-0.2, 0) is 0 Å². The van der Waals surface area contributed by atoms with Crippen molar-refractivity contribution in [2.45, 2.75) is 6.42 Å². The van der Waals surface area contributed by atoms with Crippen LogP contribution in [0, 0.1) is 29.6 Å². The molecule has 0 aliphatic carbocycles. The highest BCUT2D eigenvalue weighted by atomic mass is 35.5. The first-order chi connectivity index (χ1) is 7.26. The predicted molar refractivity (Wildman–Crippen MR) is 63.0 cm³/mol. The molecular weight excluding hydrogens is 206 g/mol. The lowest BCUT2D eigenvalue weighted by atomic mass is 10.1. The van der Waals surface area contributed by atoms with Crippen molar-refractivity contribution < 1.29 is 0 Å². The Morgan fingerprint density at radius 3 is 2.60 bits per heavy atom. The number of hydrogen-bond donors (Lipinski definition) is 0. The van der Waals surface area contributed by atoms with Crippen LogP contribution in [0.25, 0.3) is 6.08 Å². The van der Waals surface area contributed by atoms with E-state index in [-0.39, 0.29) is 5.92 Å². The van der Waals surface area contributed by atoms with Crippen LogP contribution >= 0.6 is 11.6 Å². The Hall–Kier alpha value is -1.70. The van der Waals surface area contributed by atoms with E-state index in [1.807, 2.05) is 36.4 Å². The van der Waals surface area contributed by atoms with Crippen molar-refractivity contribution in [2.24, 2.45) is 5.92 Å². The van der Waals surface area contributed by atoms with Gasteiger partial charge < -0.3 is 0 Å². The minimum absolute atomic E-state index is 0.217. The van der Waals surface area contributed by atoms with Gasteiger partial charge in [0.15, 0.2) is 0 Å². The normalized spacial score (nSPS) is 11.9. The molecule has 0 saturated carbocycles. The number of rotatable bonds is 3. The molecule has 0 amide bonds. The Labute approximate surface area is 95.0 Å². The lowest BCUT2D eigenvalue weighted by molar-refractivity contribution is 0.872. The average molecular weight is 216 g/mol. The Bertz CT molecular complexity index is 417. The van der Waals surface area contributed by atoms with E-state index in [2.05, 4.69) is 12.0 Å². The Balaban J connectivity index is 2.69. The summed E-state index contributed by atoms with van der Waals surface area (Å²) in [4.78, 5) is 0. The average Bonchev–Trinajstić information content (AvgIpc) is 2.26. The zero-order valence-corrected chi connectivity index (χ0v) is 8.91. The molecule has 0 N–H and O–H groups in total. The SMILES string of the molecule is C#CCC(C#N)C=Cc1ccc(Cl)cc1. The Morgan fingerprint density at radius 2 is 2.07 bits per heavy atom. The summed E-state index contributed by atoms with van der Waals surface area (Å²) in [5.74, 6) is 2.25. The molecule has 0 aliphatic rings. The fourth-order valence-corrected chi connectivity index (χ4v) is 1.21. The standard InChI is InChI=1S/C13H10ClN/c1-2-3-12(10-15)5-4-11-6-8-13(14)9-7-11/h1,4-9,12H,3H2. The topological polar surface area (TPSA) is 23.8 Å². The van der Waals surface area contributed by atoms with Gasteiger partial charge in [-0.2, -0.15) is 5.26 Å². The number of halogens is 1. The third-order valence-electron chi connectivity index (χ3n) is 1.89. The smallest absolute Gasteiger partial charge is 0.0755 e. The first kappa shape index (κ1) is 11.4. The van der Waals surface area contributed by atoms with Crippen molar-refractivity contribution in [3.8, 4) is 18.4 Å². The largest absolute Gasteiger partial charge is 0.198 e. The maximum Gasteiger partial charge on any atom is 0.0755 e. The summed E-state index contributed by atoms with van der Waals surface area (Å²) in [5.41, 5.74) is 1.01. The molecule has 1 aromatic carbocycles. The second-order valence-electron chi connectivity index (χ2n) is 3.05. The maximum absolute atomic E-state index is 8.76. The van der Waals surface area contributed by atoms with Crippen LogP contribution in [0.5, 0.6) is 0 Å². The fraction of sp³-hybridized carbons (Fsp3) is 0.154. The van der Waals surface area contributed by atoms with Crippen LogP contribution in [0.3, 0.4) is 0 Å². The van der Waals surface area contributed by atoms with E-state index >= 15 is 0 Å². The fourth-order valence-electron chi connectivity index (χ4n) is 1.08. The van der Waals surface area contributed by atoms with Gasteiger partial charge in [0, 0.05) is 11.4 Å². The molecule has 0 spiro atoms. The summed E-state index contributed by atoms with van der Waals surface area (Å²) in [5, 5.41) is 9.46. The molecule has 1 rings (SSSR count). The molecule has 0 heterocycles. The highest BCUT2D eigenvalue weighted by molar-refractivity contribution is 6.30. The second-order valence-corrected chi connectivity index (χ2v) is 3.49. The number of allylic oxidation sites excluding steroid dienone is 1. The number of benzene rings is 1. The van der Waals surface area contributed by atoms with Crippen LogP contribution in [0.2, 0.25) is 5.02 Å². The maximum atomic E-state index is 8.76. The van der Waals surface area contributed by atoms with Gasteiger partial charge in [-0.1, -0.05) is 35.9 Å². The van der Waals surface area contributed by atoms with Gasteiger partial charge in [0.05, 0.1) is 12.0 Å². The van der Waals surface area contributed by atoms with Gasteiger partial charge in [-0.15, -0.1) is 12.3 Å².